The van der Waals surface area contributed by atoms with Gasteiger partial charge in [-0.3, -0.25) is 0 Å². The second kappa shape index (κ2) is 6.13. The van der Waals surface area contributed by atoms with E-state index < -0.39 is 23.7 Å². The molecule has 0 saturated carbocycles. The molecule has 0 saturated heterocycles. The van der Waals surface area contributed by atoms with Crippen molar-refractivity contribution in [2.75, 3.05) is 6.61 Å². The summed E-state index contributed by atoms with van der Waals surface area (Å²) in [5.74, 6) is -0.238. The van der Waals surface area contributed by atoms with Gasteiger partial charge < -0.3 is 9.84 Å². The molecule has 0 aliphatic rings. The lowest BCUT2D eigenvalue weighted by molar-refractivity contribution is -0.137. The molecule has 0 spiro atoms. The van der Waals surface area contributed by atoms with Crippen LogP contribution in [-0.2, 0) is 6.18 Å². The third kappa shape index (κ3) is 4.19. The van der Waals surface area contributed by atoms with Gasteiger partial charge in [-0.25, -0.2) is 4.39 Å². The Morgan fingerprint density at radius 3 is 2.29 bits per heavy atom. The quantitative estimate of drug-likeness (QED) is 0.866. The monoisotopic (exact) mass is 300 g/mol. The van der Waals surface area contributed by atoms with Crippen molar-refractivity contribution in [3.63, 3.8) is 0 Å². The van der Waals surface area contributed by atoms with Gasteiger partial charge in [0.1, 0.15) is 24.3 Å². The number of alkyl halides is 3. The standard InChI is InChI=1S/C15H12F4O2/c16-12-2-1-3-13(8-12)21-9-14(20)10-4-6-11(7-5-10)15(17,18)19/h1-8,14,20H,9H2. The number of hydrogen-bond donors (Lipinski definition) is 1. The maximum absolute atomic E-state index is 12.9. The molecule has 112 valence electrons. The average molecular weight is 300 g/mol. The SMILES string of the molecule is OC(COc1cccc(F)c1)c1ccc(C(F)(F)F)cc1. The Bertz CT molecular complexity index is 593. The second-order valence-electron chi connectivity index (χ2n) is 4.40. The van der Waals surface area contributed by atoms with Crippen molar-refractivity contribution in [1.29, 1.82) is 0 Å². The topological polar surface area (TPSA) is 29.5 Å². The zero-order chi connectivity index (χ0) is 15.5. The van der Waals surface area contributed by atoms with E-state index in [1.807, 2.05) is 0 Å². The van der Waals surface area contributed by atoms with Crippen molar-refractivity contribution in [1.82, 2.24) is 0 Å². The van der Waals surface area contributed by atoms with Gasteiger partial charge in [-0.1, -0.05) is 18.2 Å². The van der Waals surface area contributed by atoms with E-state index in [2.05, 4.69) is 0 Å². The van der Waals surface area contributed by atoms with Crippen LogP contribution in [0.15, 0.2) is 48.5 Å². The summed E-state index contributed by atoms with van der Waals surface area (Å²) in [5, 5.41) is 9.84. The van der Waals surface area contributed by atoms with Crippen LogP contribution in [0.4, 0.5) is 17.6 Å². The molecule has 0 radical (unpaired) electrons. The Morgan fingerprint density at radius 2 is 1.71 bits per heavy atom. The van der Waals surface area contributed by atoms with E-state index in [1.54, 1.807) is 0 Å². The average Bonchev–Trinajstić information content (AvgIpc) is 2.44. The first-order chi connectivity index (χ1) is 9.86. The zero-order valence-electron chi connectivity index (χ0n) is 10.8. The normalized spacial score (nSPS) is 13.0. The number of benzene rings is 2. The van der Waals surface area contributed by atoms with Crippen LogP contribution in [0.3, 0.4) is 0 Å². The van der Waals surface area contributed by atoms with E-state index >= 15 is 0 Å². The highest BCUT2D eigenvalue weighted by molar-refractivity contribution is 5.27. The Balaban J connectivity index is 1.99. The van der Waals surface area contributed by atoms with Gasteiger partial charge in [-0.2, -0.15) is 13.2 Å². The van der Waals surface area contributed by atoms with Crippen LogP contribution in [0, 0.1) is 5.82 Å². The number of aliphatic hydroxyl groups is 1. The number of aliphatic hydroxyl groups excluding tert-OH is 1. The molecule has 2 aromatic rings. The predicted octanol–water partition coefficient (Wildman–Crippen LogP) is 3.96. The molecular formula is C15H12F4O2. The summed E-state index contributed by atoms with van der Waals surface area (Å²) in [6, 6.07) is 9.52. The van der Waals surface area contributed by atoms with Crippen LogP contribution in [0.1, 0.15) is 17.2 Å². The summed E-state index contributed by atoms with van der Waals surface area (Å²) in [5.41, 5.74) is -0.496. The first-order valence-corrected chi connectivity index (χ1v) is 6.10. The zero-order valence-corrected chi connectivity index (χ0v) is 10.8. The molecule has 1 N–H and O–H groups in total. The van der Waals surface area contributed by atoms with Crippen molar-refractivity contribution < 1.29 is 27.4 Å². The molecule has 0 amide bonds. The lowest BCUT2D eigenvalue weighted by atomic mass is 10.1. The summed E-state index contributed by atoms with van der Waals surface area (Å²) < 4.78 is 55.3. The molecule has 2 aromatic carbocycles. The van der Waals surface area contributed by atoms with Gasteiger partial charge >= 0.3 is 6.18 Å². The second-order valence-corrected chi connectivity index (χ2v) is 4.40. The summed E-state index contributed by atoms with van der Waals surface area (Å²) >= 11 is 0. The van der Waals surface area contributed by atoms with Gasteiger partial charge in [-0.05, 0) is 29.8 Å². The molecule has 2 rings (SSSR count). The number of rotatable bonds is 4. The third-order valence-electron chi connectivity index (χ3n) is 2.83. The smallest absolute Gasteiger partial charge is 0.416 e. The molecular weight excluding hydrogens is 288 g/mol. The molecule has 2 nitrogen and oxygen atoms in total. The molecule has 0 aliphatic carbocycles. The fourth-order valence-corrected chi connectivity index (χ4v) is 1.72. The van der Waals surface area contributed by atoms with Crippen LogP contribution in [0.5, 0.6) is 5.75 Å². The highest BCUT2D eigenvalue weighted by Gasteiger charge is 2.30. The molecule has 0 bridgehead atoms. The maximum atomic E-state index is 12.9. The highest BCUT2D eigenvalue weighted by Crippen LogP contribution is 2.30. The van der Waals surface area contributed by atoms with E-state index in [9.17, 15) is 22.7 Å². The molecule has 0 heterocycles. The van der Waals surface area contributed by atoms with Gasteiger partial charge in [0.15, 0.2) is 0 Å². The van der Waals surface area contributed by atoms with E-state index in [0.29, 0.717) is 5.56 Å². The summed E-state index contributed by atoms with van der Waals surface area (Å²) in [4.78, 5) is 0. The van der Waals surface area contributed by atoms with Crippen molar-refractivity contribution in [2.45, 2.75) is 12.3 Å². The van der Waals surface area contributed by atoms with Crippen molar-refractivity contribution in [2.24, 2.45) is 0 Å². The van der Waals surface area contributed by atoms with Crippen molar-refractivity contribution >= 4 is 0 Å². The predicted molar refractivity (Wildman–Crippen MR) is 68.3 cm³/mol. The molecule has 0 aliphatic heterocycles. The molecule has 21 heavy (non-hydrogen) atoms. The summed E-state index contributed by atoms with van der Waals surface area (Å²) in [7, 11) is 0. The summed E-state index contributed by atoms with van der Waals surface area (Å²) in [6.45, 7) is -0.186. The minimum absolute atomic E-state index is 0.186. The van der Waals surface area contributed by atoms with Crippen LogP contribution in [0.25, 0.3) is 0 Å². The van der Waals surface area contributed by atoms with E-state index in [4.69, 9.17) is 4.74 Å². The molecule has 6 heteroatoms. The Hall–Kier alpha value is -2.08. The maximum Gasteiger partial charge on any atom is 0.416 e. The number of hydrogen-bond acceptors (Lipinski definition) is 2. The van der Waals surface area contributed by atoms with Crippen LogP contribution in [-0.4, -0.2) is 11.7 Å². The lowest BCUT2D eigenvalue weighted by Gasteiger charge is -2.14. The molecule has 0 fully saturated rings. The lowest BCUT2D eigenvalue weighted by Crippen LogP contribution is -2.11. The van der Waals surface area contributed by atoms with E-state index in [0.717, 1.165) is 18.2 Å². The fourth-order valence-electron chi connectivity index (χ4n) is 1.72. The minimum atomic E-state index is -4.42. The molecule has 1 atom stereocenters. The Labute approximate surface area is 118 Å². The van der Waals surface area contributed by atoms with Gasteiger partial charge in [0.05, 0.1) is 5.56 Å². The Morgan fingerprint density at radius 1 is 1.05 bits per heavy atom. The van der Waals surface area contributed by atoms with Gasteiger partial charge in [-0.15, -0.1) is 0 Å². The van der Waals surface area contributed by atoms with Gasteiger partial charge in [0.2, 0.25) is 0 Å². The van der Waals surface area contributed by atoms with E-state index in [1.165, 1.54) is 30.3 Å². The molecule has 0 aromatic heterocycles. The van der Waals surface area contributed by atoms with Gasteiger partial charge in [0.25, 0.3) is 0 Å². The first kappa shape index (κ1) is 15.3. The summed E-state index contributed by atoms with van der Waals surface area (Å²) in [6.07, 6.45) is -5.52. The Kier molecular flexibility index (Phi) is 4.47. The van der Waals surface area contributed by atoms with Crippen molar-refractivity contribution in [3.8, 4) is 5.75 Å². The first-order valence-electron chi connectivity index (χ1n) is 6.10. The largest absolute Gasteiger partial charge is 0.490 e. The number of ether oxygens (including phenoxy) is 1. The molecule has 1 unspecified atom stereocenters. The number of halogens is 4. The van der Waals surface area contributed by atoms with E-state index in [-0.39, 0.29) is 12.4 Å². The van der Waals surface area contributed by atoms with Crippen LogP contribution < -0.4 is 4.74 Å². The minimum Gasteiger partial charge on any atom is -0.490 e. The van der Waals surface area contributed by atoms with Crippen molar-refractivity contribution in [3.05, 3.63) is 65.5 Å². The van der Waals surface area contributed by atoms with Crippen LogP contribution in [0.2, 0.25) is 0 Å². The highest BCUT2D eigenvalue weighted by atomic mass is 19.4. The fraction of sp³-hybridized carbons (Fsp3) is 0.200. The van der Waals surface area contributed by atoms with Gasteiger partial charge in [0, 0.05) is 6.07 Å². The van der Waals surface area contributed by atoms with Crippen LogP contribution >= 0.6 is 0 Å². The third-order valence-corrected chi connectivity index (χ3v) is 2.83.